The Bertz CT molecular complexity index is 895. The second-order valence-electron chi connectivity index (χ2n) is 5.90. The molecule has 2 aromatic rings. The van der Waals surface area contributed by atoms with Gasteiger partial charge < -0.3 is 14.2 Å². The summed E-state index contributed by atoms with van der Waals surface area (Å²) < 4.78 is 16.1. The van der Waals surface area contributed by atoms with Gasteiger partial charge in [0, 0.05) is 4.91 Å². The summed E-state index contributed by atoms with van der Waals surface area (Å²) in [6, 6.07) is 16.0. The van der Waals surface area contributed by atoms with E-state index < -0.39 is 30.2 Å². The van der Waals surface area contributed by atoms with Gasteiger partial charge in [0.1, 0.15) is 24.9 Å². The molecule has 142 valence electrons. The lowest BCUT2D eigenvalue weighted by Crippen LogP contribution is -2.43. The molecule has 8 heteroatoms. The zero-order valence-corrected chi connectivity index (χ0v) is 14.8. The smallest absolute Gasteiger partial charge is 0.338 e. The molecular weight excluding hydrogens is 362 g/mol. The average Bonchev–Trinajstić information content (AvgIpc) is 2.75. The lowest BCUT2D eigenvalue weighted by Gasteiger charge is -2.31. The summed E-state index contributed by atoms with van der Waals surface area (Å²) in [7, 11) is 0. The Balaban J connectivity index is 1.67. The van der Waals surface area contributed by atoms with Gasteiger partial charge in [-0.25, -0.2) is 9.59 Å². The lowest BCUT2D eigenvalue weighted by atomic mass is 10.0. The second kappa shape index (κ2) is 9.25. The van der Waals surface area contributed by atoms with Gasteiger partial charge in [-0.05, 0) is 35.9 Å². The highest BCUT2D eigenvalue weighted by molar-refractivity contribution is 5.90. The van der Waals surface area contributed by atoms with Crippen molar-refractivity contribution in [2.24, 2.45) is 5.11 Å². The first-order valence-corrected chi connectivity index (χ1v) is 8.53. The minimum atomic E-state index is -0.883. The molecule has 3 atom stereocenters. The number of rotatable bonds is 6. The fraction of sp³-hybridized carbons (Fsp3) is 0.200. The van der Waals surface area contributed by atoms with Gasteiger partial charge in [-0.15, -0.1) is 0 Å². The minimum absolute atomic E-state index is 0.166. The van der Waals surface area contributed by atoms with Crippen LogP contribution in [0.3, 0.4) is 0 Å². The predicted octanol–water partition coefficient (Wildman–Crippen LogP) is 3.66. The van der Waals surface area contributed by atoms with Crippen LogP contribution in [-0.2, 0) is 14.2 Å². The third kappa shape index (κ3) is 4.69. The van der Waals surface area contributed by atoms with Crippen molar-refractivity contribution < 1.29 is 23.8 Å². The number of hydrogen-bond donors (Lipinski definition) is 0. The second-order valence-corrected chi connectivity index (χ2v) is 5.90. The van der Waals surface area contributed by atoms with Crippen LogP contribution in [0.5, 0.6) is 0 Å². The highest BCUT2D eigenvalue weighted by Crippen LogP contribution is 2.21. The third-order valence-electron chi connectivity index (χ3n) is 4.06. The maximum atomic E-state index is 12.3. The van der Waals surface area contributed by atoms with Gasteiger partial charge in [0.15, 0.2) is 0 Å². The first-order valence-electron chi connectivity index (χ1n) is 8.53. The standard InChI is InChI=1S/C20H17N3O5/c21-23-22-18-16(28-20(25)15-9-5-2-6-10-15)11-12-26-17(18)13-27-19(24)14-7-3-1-4-8-14/h1-12,16-18H,13H2/t16?,17-,18?/m1/s1. The summed E-state index contributed by atoms with van der Waals surface area (Å²) in [6.45, 7) is -0.166. The van der Waals surface area contributed by atoms with Crippen LogP contribution in [0.4, 0.5) is 0 Å². The van der Waals surface area contributed by atoms with Gasteiger partial charge in [0.25, 0.3) is 0 Å². The Morgan fingerprint density at radius 2 is 1.61 bits per heavy atom. The van der Waals surface area contributed by atoms with Crippen molar-refractivity contribution in [2.45, 2.75) is 18.2 Å². The fourth-order valence-corrected chi connectivity index (χ4v) is 2.66. The number of nitrogens with zero attached hydrogens (tertiary/aromatic N) is 3. The number of esters is 2. The van der Waals surface area contributed by atoms with Crippen LogP contribution in [0.15, 0.2) is 78.1 Å². The SMILES string of the molecule is [N-]=[N+]=NC1C(OC(=O)c2ccccc2)C=CO[C@@H]1COC(=O)c1ccccc1. The van der Waals surface area contributed by atoms with Gasteiger partial charge in [0.05, 0.1) is 17.4 Å². The average molecular weight is 379 g/mol. The Labute approximate surface area is 161 Å². The summed E-state index contributed by atoms with van der Waals surface area (Å²) >= 11 is 0. The molecule has 8 nitrogen and oxygen atoms in total. The Kier molecular flexibility index (Phi) is 6.28. The molecule has 0 bridgehead atoms. The molecule has 0 spiro atoms. The highest BCUT2D eigenvalue weighted by atomic mass is 16.6. The van der Waals surface area contributed by atoms with Crippen molar-refractivity contribution in [3.05, 3.63) is 94.6 Å². The largest absolute Gasteiger partial charge is 0.494 e. The summed E-state index contributed by atoms with van der Waals surface area (Å²) in [5.41, 5.74) is 9.65. The topological polar surface area (TPSA) is 111 Å². The Morgan fingerprint density at radius 3 is 2.21 bits per heavy atom. The van der Waals surface area contributed by atoms with Gasteiger partial charge in [-0.1, -0.05) is 41.5 Å². The zero-order chi connectivity index (χ0) is 19.8. The number of ether oxygens (including phenoxy) is 3. The number of azide groups is 1. The lowest BCUT2D eigenvalue weighted by molar-refractivity contribution is -0.0224. The van der Waals surface area contributed by atoms with Crippen molar-refractivity contribution in [3.63, 3.8) is 0 Å². The number of hydrogen-bond acceptors (Lipinski definition) is 6. The maximum Gasteiger partial charge on any atom is 0.338 e. The molecule has 3 rings (SSSR count). The predicted molar refractivity (Wildman–Crippen MR) is 99.3 cm³/mol. The molecule has 1 aliphatic rings. The molecular formula is C20H17N3O5. The van der Waals surface area contributed by atoms with E-state index in [0.29, 0.717) is 11.1 Å². The van der Waals surface area contributed by atoms with E-state index in [2.05, 4.69) is 10.0 Å². The monoisotopic (exact) mass is 379 g/mol. The first-order chi connectivity index (χ1) is 13.7. The molecule has 1 heterocycles. The van der Waals surface area contributed by atoms with Crippen LogP contribution in [0.2, 0.25) is 0 Å². The molecule has 0 saturated carbocycles. The normalized spacial score (nSPS) is 20.4. The maximum absolute atomic E-state index is 12.3. The summed E-state index contributed by atoms with van der Waals surface area (Å²) in [6.07, 6.45) is 1.18. The van der Waals surface area contributed by atoms with Gasteiger partial charge in [-0.2, -0.15) is 0 Å². The van der Waals surface area contributed by atoms with Crippen LogP contribution < -0.4 is 0 Å². The summed E-state index contributed by atoms with van der Waals surface area (Å²) in [5, 5.41) is 3.68. The van der Waals surface area contributed by atoms with Crippen molar-refractivity contribution in [1.82, 2.24) is 0 Å². The van der Waals surface area contributed by atoms with Gasteiger partial charge >= 0.3 is 11.9 Å². The molecule has 0 N–H and O–H groups in total. The summed E-state index contributed by atoms with van der Waals surface area (Å²) in [4.78, 5) is 27.2. The number of carbonyl (C=O) groups is 2. The fourth-order valence-electron chi connectivity index (χ4n) is 2.66. The van der Waals surface area contributed by atoms with Crippen LogP contribution >= 0.6 is 0 Å². The van der Waals surface area contributed by atoms with Crippen LogP contribution in [0, 0.1) is 0 Å². The van der Waals surface area contributed by atoms with Crippen molar-refractivity contribution >= 4 is 11.9 Å². The quantitative estimate of drug-likeness (QED) is 0.329. The molecule has 0 saturated heterocycles. The van der Waals surface area contributed by atoms with Gasteiger partial charge in [0.2, 0.25) is 0 Å². The molecule has 2 unspecified atom stereocenters. The molecule has 0 amide bonds. The molecule has 0 fully saturated rings. The van der Waals surface area contributed by atoms with E-state index in [0.717, 1.165) is 0 Å². The summed E-state index contributed by atoms with van der Waals surface area (Å²) in [5.74, 6) is -1.09. The van der Waals surface area contributed by atoms with E-state index in [9.17, 15) is 9.59 Å². The Hall–Kier alpha value is -3.77. The number of benzene rings is 2. The Morgan fingerprint density at radius 1 is 1.00 bits per heavy atom. The highest BCUT2D eigenvalue weighted by Gasteiger charge is 2.35. The van der Waals surface area contributed by atoms with E-state index in [-0.39, 0.29) is 6.61 Å². The first kappa shape index (κ1) is 19.0. The minimum Gasteiger partial charge on any atom is -0.494 e. The van der Waals surface area contributed by atoms with E-state index in [1.807, 2.05) is 0 Å². The van der Waals surface area contributed by atoms with Crippen LogP contribution in [-0.4, -0.2) is 36.8 Å². The number of carbonyl (C=O) groups excluding carboxylic acids is 2. The van der Waals surface area contributed by atoms with E-state index in [1.165, 1.54) is 12.3 Å². The molecule has 0 radical (unpaired) electrons. The molecule has 0 aromatic heterocycles. The van der Waals surface area contributed by atoms with Crippen LogP contribution in [0.25, 0.3) is 10.4 Å². The van der Waals surface area contributed by atoms with Crippen molar-refractivity contribution in [2.75, 3.05) is 6.61 Å². The van der Waals surface area contributed by atoms with E-state index in [1.54, 1.807) is 60.7 Å². The third-order valence-corrected chi connectivity index (χ3v) is 4.06. The molecule has 2 aromatic carbocycles. The van der Waals surface area contributed by atoms with Crippen molar-refractivity contribution in [1.29, 1.82) is 0 Å². The van der Waals surface area contributed by atoms with E-state index >= 15 is 0 Å². The van der Waals surface area contributed by atoms with Crippen LogP contribution in [0.1, 0.15) is 20.7 Å². The molecule has 28 heavy (non-hydrogen) atoms. The van der Waals surface area contributed by atoms with Crippen molar-refractivity contribution in [3.8, 4) is 0 Å². The molecule has 0 aliphatic carbocycles. The zero-order valence-electron chi connectivity index (χ0n) is 14.8. The van der Waals surface area contributed by atoms with E-state index in [4.69, 9.17) is 19.7 Å². The van der Waals surface area contributed by atoms with Gasteiger partial charge in [-0.3, -0.25) is 0 Å². The molecule has 1 aliphatic heterocycles.